The van der Waals surface area contributed by atoms with Gasteiger partial charge in [-0.25, -0.2) is 4.39 Å². The van der Waals surface area contributed by atoms with Gasteiger partial charge in [0.25, 0.3) is 0 Å². The van der Waals surface area contributed by atoms with Gasteiger partial charge in [-0.1, -0.05) is 0 Å². The van der Waals surface area contributed by atoms with Crippen molar-refractivity contribution in [2.24, 2.45) is 0 Å². The van der Waals surface area contributed by atoms with Gasteiger partial charge in [-0.05, 0) is 18.2 Å². The summed E-state index contributed by atoms with van der Waals surface area (Å²) >= 11 is 3.99. The largest absolute Gasteiger partial charge is 0.450 e. The molecule has 2 rings (SSSR count). The van der Waals surface area contributed by atoms with Gasteiger partial charge in [-0.3, -0.25) is 0 Å². The van der Waals surface area contributed by atoms with E-state index in [4.69, 9.17) is 4.42 Å². The van der Waals surface area contributed by atoms with Gasteiger partial charge in [0, 0.05) is 11.5 Å². The molecule has 0 saturated heterocycles. The minimum atomic E-state index is -0.291. The lowest BCUT2D eigenvalue weighted by Crippen LogP contribution is -1.68. The number of benzene rings is 1. The molecule has 0 radical (unpaired) electrons. The molecule has 0 aliphatic rings. The summed E-state index contributed by atoms with van der Waals surface area (Å²) in [5.74, 6) is -0.291. The van der Waals surface area contributed by atoms with Gasteiger partial charge in [-0.15, -0.1) is 12.6 Å². The zero-order chi connectivity index (χ0) is 7.84. The van der Waals surface area contributed by atoms with E-state index in [0.29, 0.717) is 10.7 Å². The van der Waals surface area contributed by atoms with Crippen molar-refractivity contribution < 1.29 is 8.81 Å². The third-order valence-corrected chi connectivity index (χ3v) is 1.69. The normalized spacial score (nSPS) is 10.7. The highest BCUT2D eigenvalue weighted by molar-refractivity contribution is 7.80. The Balaban J connectivity index is 2.82. The summed E-state index contributed by atoms with van der Waals surface area (Å²) in [5.41, 5.74) is 0.537. The van der Waals surface area contributed by atoms with Crippen LogP contribution in [0.4, 0.5) is 4.39 Å². The second-order valence-corrected chi connectivity index (χ2v) is 2.71. The molecular weight excluding hydrogens is 163 g/mol. The standard InChI is InChI=1S/C8H5FOS/c9-6-2-1-5-3-8(11)10-7(5)4-6/h1-4,11H. The molecule has 0 spiro atoms. The van der Waals surface area contributed by atoms with E-state index in [9.17, 15) is 4.39 Å². The Morgan fingerprint density at radius 1 is 1.27 bits per heavy atom. The SMILES string of the molecule is Fc1ccc2cc(S)oc2c1. The van der Waals surface area contributed by atoms with Crippen LogP contribution in [0.5, 0.6) is 0 Å². The van der Waals surface area contributed by atoms with Crippen LogP contribution in [0, 0.1) is 5.82 Å². The van der Waals surface area contributed by atoms with Crippen LogP contribution in [-0.2, 0) is 0 Å². The predicted octanol–water partition coefficient (Wildman–Crippen LogP) is 2.86. The van der Waals surface area contributed by atoms with E-state index >= 15 is 0 Å². The second-order valence-electron chi connectivity index (χ2n) is 2.27. The number of halogens is 1. The summed E-state index contributed by atoms with van der Waals surface area (Å²) in [4.78, 5) is 0. The van der Waals surface area contributed by atoms with E-state index < -0.39 is 0 Å². The fourth-order valence-corrected chi connectivity index (χ4v) is 1.23. The van der Waals surface area contributed by atoms with Crippen LogP contribution in [0.3, 0.4) is 0 Å². The summed E-state index contributed by atoms with van der Waals surface area (Å²) in [7, 11) is 0. The summed E-state index contributed by atoms with van der Waals surface area (Å²) in [6.45, 7) is 0. The fourth-order valence-electron chi connectivity index (χ4n) is 0.991. The molecular formula is C8H5FOS. The van der Waals surface area contributed by atoms with E-state index in [1.165, 1.54) is 12.1 Å². The number of rotatable bonds is 0. The average Bonchev–Trinajstić information content (AvgIpc) is 2.27. The quantitative estimate of drug-likeness (QED) is 0.597. The van der Waals surface area contributed by atoms with Crippen LogP contribution < -0.4 is 0 Å². The van der Waals surface area contributed by atoms with Crippen molar-refractivity contribution in [2.75, 3.05) is 0 Å². The first-order valence-corrected chi connectivity index (χ1v) is 3.58. The average molecular weight is 168 g/mol. The fraction of sp³-hybridized carbons (Fsp3) is 0. The molecule has 0 amide bonds. The van der Waals surface area contributed by atoms with Crippen molar-refractivity contribution in [3.8, 4) is 0 Å². The predicted molar refractivity (Wildman–Crippen MR) is 43.4 cm³/mol. The Morgan fingerprint density at radius 3 is 2.91 bits per heavy atom. The zero-order valence-electron chi connectivity index (χ0n) is 5.54. The number of fused-ring (bicyclic) bond motifs is 1. The Labute approximate surface area is 68.2 Å². The van der Waals surface area contributed by atoms with E-state index in [-0.39, 0.29) is 5.82 Å². The van der Waals surface area contributed by atoms with Crippen molar-refractivity contribution >= 4 is 23.6 Å². The Hall–Kier alpha value is -0.960. The maximum atomic E-state index is 12.6. The highest BCUT2D eigenvalue weighted by Crippen LogP contribution is 2.21. The molecule has 0 fully saturated rings. The number of hydrogen-bond donors (Lipinski definition) is 1. The first-order valence-electron chi connectivity index (χ1n) is 3.14. The summed E-state index contributed by atoms with van der Waals surface area (Å²) < 4.78 is 17.6. The molecule has 1 aromatic carbocycles. The molecule has 1 nitrogen and oxygen atoms in total. The van der Waals surface area contributed by atoms with Gasteiger partial charge in [0.1, 0.15) is 11.4 Å². The highest BCUT2D eigenvalue weighted by atomic mass is 32.1. The zero-order valence-corrected chi connectivity index (χ0v) is 6.44. The molecule has 0 saturated carbocycles. The second kappa shape index (κ2) is 2.27. The van der Waals surface area contributed by atoms with Crippen molar-refractivity contribution in [2.45, 2.75) is 5.09 Å². The lowest BCUT2D eigenvalue weighted by molar-refractivity contribution is 0.514. The Kier molecular flexibility index (Phi) is 1.39. The minimum absolute atomic E-state index is 0.291. The molecule has 0 N–H and O–H groups in total. The van der Waals surface area contributed by atoms with E-state index in [1.54, 1.807) is 12.1 Å². The molecule has 56 valence electrons. The smallest absolute Gasteiger partial charge is 0.158 e. The first kappa shape index (κ1) is 6.73. The number of thiol groups is 1. The van der Waals surface area contributed by atoms with Crippen molar-refractivity contribution in [3.05, 3.63) is 30.1 Å². The van der Waals surface area contributed by atoms with Crippen LogP contribution in [0.25, 0.3) is 11.0 Å². The van der Waals surface area contributed by atoms with Crippen LogP contribution in [0.1, 0.15) is 0 Å². The van der Waals surface area contributed by atoms with Crippen molar-refractivity contribution in [3.63, 3.8) is 0 Å². The van der Waals surface area contributed by atoms with E-state index in [1.807, 2.05) is 0 Å². The summed E-state index contributed by atoms with van der Waals surface area (Å²) in [5, 5.41) is 1.38. The van der Waals surface area contributed by atoms with Gasteiger partial charge in [0.2, 0.25) is 0 Å². The minimum Gasteiger partial charge on any atom is -0.450 e. The molecule has 1 aromatic heterocycles. The van der Waals surface area contributed by atoms with Gasteiger partial charge >= 0.3 is 0 Å². The lowest BCUT2D eigenvalue weighted by Gasteiger charge is -1.86. The molecule has 0 unspecified atom stereocenters. The lowest BCUT2D eigenvalue weighted by atomic mass is 10.2. The van der Waals surface area contributed by atoms with Crippen LogP contribution in [0.15, 0.2) is 33.8 Å². The Morgan fingerprint density at radius 2 is 2.09 bits per heavy atom. The maximum absolute atomic E-state index is 12.6. The Bertz CT molecular complexity index is 394. The van der Waals surface area contributed by atoms with Crippen molar-refractivity contribution in [1.29, 1.82) is 0 Å². The molecule has 11 heavy (non-hydrogen) atoms. The molecule has 1 heterocycles. The topological polar surface area (TPSA) is 13.1 Å². The molecule has 0 aliphatic heterocycles. The molecule has 0 aliphatic carbocycles. The van der Waals surface area contributed by atoms with Crippen LogP contribution >= 0.6 is 12.6 Å². The molecule has 3 heteroatoms. The molecule has 0 bridgehead atoms. The van der Waals surface area contributed by atoms with Gasteiger partial charge in [-0.2, -0.15) is 0 Å². The maximum Gasteiger partial charge on any atom is 0.158 e. The third kappa shape index (κ3) is 1.12. The molecule has 2 aromatic rings. The van der Waals surface area contributed by atoms with Crippen LogP contribution in [0.2, 0.25) is 0 Å². The number of furan rings is 1. The monoisotopic (exact) mass is 168 g/mol. The molecule has 0 atom stereocenters. The number of hydrogen-bond acceptors (Lipinski definition) is 2. The first-order chi connectivity index (χ1) is 5.25. The van der Waals surface area contributed by atoms with E-state index in [0.717, 1.165) is 5.39 Å². The third-order valence-electron chi connectivity index (χ3n) is 1.47. The highest BCUT2D eigenvalue weighted by Gasteiger charge is 2.00. The van der Waals surface area contributed by atoms with Gasteiger partial charge in [0.15, 0.2) is 5.09 Å². The van der Waals surface area contributed by atoms with E-state index in [2.05, 4.69) is 12.6 Å². The summed E-state index contributed by atoms with van der Waals surface area (Å²) in [6.07, 6.45) is 0. The van der Waals surface area contributed by atoms with Crippen LogP contribution in [-0.4, -0.2) is 0 Å². The summed E-state index contributed by atoms with van der Waals surface area (Å²) in [6, 6.07) is 6.14. The van der Waals surface area contributed by atoms with Gasteiger partial charge < -0.3 is 4.42 Å². The van der Waals surface area contributed by atoms with Gasteiger partial charge in [0.05, 0.1) is 0 Å². The van der Waals surface area contributed by atoms with Crippen molar-refractivity contribution in [1.82, 2.24) is 0 Å².